The normalized spacial score (nSPS) is 10.5. The van der Waals surface area contributed by atoms with Gasteiger partial charge in [0.05, 0.1) is 30.3 Å². The number of benzene rings is 1. The summed E-state index contributed by atoms with van der Waals surface area (Å²) in [6, 6.07) is 7.63. The van der Waals surface area contributed by atoms with Crippen LogP contribution in [0.1, 0.15) is 29.1 Å². The van der Waals surface area contributed by atoms with Crippen LogP contribution in [-0.2, 0) is 14.3 Å². The lowest BCUT2D eigenvalue weighted by molar-refractivity contribution is -0.139. The molecule has 0 bridgehead atoms. The first-order valence-corrected chi connectivity index (χ1v) is 10.0. The Balaban J connectivity index is 2.41. The van der Waals surface area contributed by atoms with Crippen molar-refractivity contribution in [1.29, 1.82) is 0 Å². The molecule has 0 N–H and O–H groups in total. The molecule has 1 heterocycles. The SMILES string of the molecule is CCOC(=O)CSc1sc(C(=O)OCC)c(C)c1-c1ccc(OC)cc1. The maximum atomic E-state index is 12.3. The van der Waals surface area contributed by atoms with Crippen molar-refractivity contribution in [1.82, 2.24) is 0 Å². The number of rotatable bonds is 8. The van der Waals surface area contributed by atoms with E-state index in [0.717, 1.165) is 26.6 Å². The smallest absolute Gasteiger partial charge is 0.348 e. The number of ether oxygens (including phenoxy) is 3. The van der Waals surface area contributed by atoms with E-state index in [0.29, 0.717) is 18.1 Å². The molecule has 0 aliphatic carbocycles. The zero-order valence-electron chi connectivity index (χ0n) is 15.3. The fraction of sp³-hybridized carbons (Fsp3) is 0.368. The van der Waals surface area contributed by atoms with E-state index in [2.05, 4.69) is 0 Å². The maximum absolute atomic E-state index is 12.3. The number of methoxy groups -OCH3 is 1. The standard InChI is InChI=1S/C19H22O5S2/c1-5-23-15(20)11-25-19-16(13-7-9-14(22-4)10-8-13)12(3)17(26-19)18(21)24-6-2/h7-10H,5-6,11H2,1-4H3. The first kappa shape index (κ1) is 20.3. The molecule has 5 nitrogen and oxygen atoms in total. The summed E-state index contributed by atoms with van der Waals surface area (Å²) < 4.78 is 16.3. The Hall–Kier alpha value is -1.99. The summed E-state index contributed by atoms with van der Waals surface area (Å²) in [6.45, 7) is 6.12. The van der Waals surface area contributed by atoms with E-state index in [1.165, 1.54) is 23.1 Å². The minimum Gasteiger partial charge on any atom is -0.497 e. The van der Waals surface area contributed by atoms with Crippen LogP contribution >= 0.6 is 23.1 Å². The number of thioether (sulfide) groups is 1. The lowest BCUT2D eigenvalue weighted by atomic mass is 10.0. The molecule has 0 saturated heterocycles. The molecule has 0 saturated carbocycles. The summed E-state index contributed by atoms with van der Waals surface area (Å²) in [5, 5.41) is 0. The number of carbonyl (C=O) groups excluding carboxylic acids is 2. The van der Waals surface area contributed by atoms with E-state index in [4.69, 9.17) is 14.2 Å². The number of hydrogen-bond acceptors (Lipinski definition) is 7. The average molecular weight is 395 g/mol. The lowest BCUT2D eigenvalue weighted by Crippen LogP contribution is -2.06. The van der Waals surface area contributed by atoms with E-state index < -0.39 is 0 Å². The number of hydrogen-bond donors (Lipinski definition) is 0. The monoisotopic (exact) mass is 394 g/mol. The van der Waals surface area contributed by atoms with Crippen LogP contribution in [0, 0.1) is 6.92 Å². The van der Waals surface area contributed by atoms with Crippen LogP contribution in [-0.4, -0.2) is 38.0 Å². The Morgan fingerprint density at radius 1 is 1.08 bits per heavy atom. The summed E-state index contributed by atoms with van der Waals surface area (Å²) in [4.78, 5) is 24.6. The van der Waals surface area contributed by atoms with Crippen LogP contribution in [0.2, 0.25) is 0 Å². The Kier molecular flexibility index (Phi) is 7.53. The topological polar surface area (TPSA) is 61.8 Å². The number of carbonyl (C=O) groups is 2. The van der Waals surface area contributed by atoms with E-state index >= 15 is 0 Å². The van der Waals surface area contributed by atoms with Crippen LogP contribution in [0.3, 0.4) is 0 Å². The minimum atomic E-state index is -0.340. The van der Waals surface area contributed by atoms with Gasteiger partial charge in [-0.05, 0) is 44.0 Å². The first-order chi connectivity index (χ1) is 12.5. The van der Waals surface area contributed by atoms with E-state index in [1.807, 2.05) is 31.2 Å². The second-order valence-corrected chi connectivity index (χ2v) is 7.53. The summed E-state index contributed by atoms with van der Waals surface area (Å²) in [5.41, 5.74) is 2.75. The molecule has 0 amide bonds. The van der Waals surface area contributed by atoms with Gasteiger partial charge in [0.15, 0.2) is 0 Å². The molecular weight excluding hydrogens is 372 g/mol. The first-order valence-electron chi connectivity index (χ1n) is 8.25. The quantitative estimate of drug-likeness (QED) is 0.483. The van der Waals surface area contributed by atoms with E-state index in [-0.39, 0.29) is 17.7 Å². The molecule has 140 valence electrons. The molecule has 0 aliphatic heterocycles. The Morgan fingerprint density at radius 2 is 1.73 bits per heavy atom. The van der Waals surface area contributed by atoms with Gasteiger partial charge in [0.1, 0.15) is 10.6 Å². The van der Waals surface area contributed by atoms with Crippen LogP contribution in [0.15, 0.2) is 28.5 Å². The summed E-state index contributed by atoms with van der Waals surface area (Å²) in [7, 11) is 1.62. The highest BCUT2D eigenvalue weighted by molar-refractivity contribution is 8.01. The third kappa shape index (κ3) is 4.80. The molecule has 2 aromatic rings. The van der Waals surface area contributed by atoms with Gasteiger partial charge in [-0.15, -0.1) is 23.1 Å². The zero-order chi connectivity index (χ0) is 19.1. The molecule has 0 unspecified atom stereocenters. The second-order valence-electron chi connectivity index (χ2n) is 5.26. The molecule has 2 rings (SSSR count). The highest BCUT2D eigenvalue weighted by Crippen LogP contribution is 2.43. The molecule has 0 spiro atoms. The molecule has 1 aromatic heterocycles. The van der Waals surface area contributed by atoms with Crippen molar-refractivity contribution < 1.29 is 23.8 Å². The number of esters is 2. The van der Waals surface area contributed by atoms with Crippen molar-refractivity contribution in [2.24, 2.45) is 0 Å². The third-order valence-electron chi connectivity index (χ3n) is 3.58. The highest BCUT2D eigenvalue weighted by atomic mass is 32.2. The van der Waals surface area contributed by atoms with Crippen molar-refractivity contribution >= 4 is 35.0 Å². The van der Waals surface area contributed by atoms with Crippen molar-refractivity contribution in [3.8, 4) is 16.9 Å². The van der Waals surface area contributed by atoms with Crippen molar-refractivity contribution in [3.63, 3.8) is 0 Å². The third-order valence-corrected chi connectivity index (χ3v) is 6.10. The molecule has 26 heavy (non-hydrogen) atoms. The van der Waals surface area contributed by atoms with Gasteiger partial charge in [-0.2, -0.15) is 0 Å². The average Bonchev–Trinajstić information content (AvgIpc) is 2.97. The lowest BCUT2D eigenvalue weighted by Gasteiger charge is -2.07. The van der Waals surface area contributed by atoms with Crippen LogP contribution in [0.5, 0.6) is 5.75 Å². The van der Waals surface area contributed by atoms with E-state index in [1.54, 1.807) is 21.0 Å². The Bertz CT molecular complexity index is 765. The summed E-state index contributed by atoms with van der Waals surface area (Å²) in [6.07, 6.45) is 0. The van der Waals surface area contributed by atoms with Gasteiger partial charge in [-0.1, -0.05) is 12.1 Å². The van der Waals surface area contributed by atoms with Crippen LogP contribution < -0.4 is 4.74 Å². The molecule has 0 atom stereocenters. The second kappa shape index (κ2) is 9.64. The predicted molar refractivity (Wildman–Crippen MR) is 104 cm³/mol. The molecule has 0 aliphatic rings. The predicted octanol–water partition coefficient (Wildman–Crippen LogP) is 4.56. The van der Waals surface area contributed by atoms with Gasteiger partial charge in [0.25, 0.3) is 0 Å². The number of thiophene rings is 1. The van der Waals surface area contributed by atoms with Crippen molar-refractivity contribution in [2.45, 2.75) is 25.0 Å². The van der Waals surface area contributed by atoms with Gasteiger partial charge >= 0.3 is 11.9 Å². The van der Waals surface area contributed by atoms with Crippen molar-refractivity contribution in [2.75, 3.05) is 26.1 Å². The minimum absolute atomic E-state index is 0.194. The molecule has 0 radical (unpaired) electrons. The highest BCUT2D eigenvalue weighted by Gasteiger charge is 2.23. The van der Waals surface area contributed by atoms with Gasteiger partial charge < -0.3 is 14.2 Å². The Labute approximate surface area is 161 Å². The molecule has 0 fully saturated rings. The molecule has 7 heteroatoms. The Morgan fingerprint density at radius 3 is 2.31 bits per heavy atom. The van der Waals surface area contributed by atoms with Crippen LogP contribution in [0.4, 0.5) is 0 Å². The van der Waals surface area contributed by atoms with Gasteiger partial charge in [-0.25, -0.2) is 4.79 Å². The van der Waals surface area contributed by atoms with Crippen molar-refractivity contribution in [3.05, 3.63) is 34.7 Å². The fourth-order valence-corrected chi connectivity index (χ4v) is 4.76. The van der Waals surface area contributed by atoms with E-state index in [9.17, 15) is 9.59 Å². The largest absolute Gasteiger partial charge is 0.497 e. The van der Waals surface area contributed by atoms with Gasteiger partial charge in [0.2, 0.25) is 0 Å². The molecular formula is C19H22O5S2. The van der Waals surface area contributed by atoms with Crippen LogP contribution in [0.25, 0.3) is 11.1 Å². The summed E-state index contributed by atoms with van der Waals surface area (Å²) in [5.74, 6) is 0.335. The van der Waals surface area contributed by atoms with Gasteiger partial charge in [-0.3, -0.25) is 4.79 Å². The fourth-order valence-electron chi connectivity index (χ4n) is 2.40. The maximum Gasteiger partial charge on any atom is 0.348 e. The van der Waals surface area contributed by atoms with Gasteiger partial charge in [0, 0.05) is 5.56 Å². The zero-order valence-corrected chi connectivity index (χ0v) is 16.9. The summed E-state index contributed by atoms with van der Waals surface area (Å²) >= 11 is 2.72. The molecule has 1 aromatic carbocycles.